The van der Waals surface area contributed by atoms with Crippen LogP contribution in [0.2, 0.25) is 0 Å². The van der Waals surface area contributed by atoms with E-state index in [2.05, 4.69) is 13.0 Å². The van der Waals surface area contributed by atoms with Crippen LogP contribution >= 0.6 is 0 Å². The van der Waals surface area contributed by atoms with Crippen LogP contribution in [0.5, 0.6) is 0 Å². The van der Waals surface area contributed by atoms with E-state index in [4.69, 9.17) is 0 Å². The van der Waals surface area contributed by atoms with Gasteiger partial charge in [0, 0.05) is 11.8 Å². The number of allylic oxidation sites excluding steroid dienone is 4. The molecule has 2 nitrogen and oxygen atoms in total. The van der Waals surface area contributed by atoms with E-state index in [9.17, 15) is 9.59 Å². The van der Waals surface area contributed by atoms with Gasteiger partial charge in [0.1, 0.15) is 0 Å². The summed E-state index contributed by atoms with van der Waals surface area (Å²) in [6.07, 6.45) is 6.34. The minimum atomic E-state index is -0.0189. The SMILES string of the molecule is CC(=O)C1=C[C@@]2(CC1)C(C)=CC(=O)C[C@H]2C. The Morgan fingerprint density at radius 1 is 1.50 bits per heavy atom. The quantitative estimate of drug-likeness (QED) is 0.678. The molecule has 0 aromatic rings. The van der Waals surface area contributed by atoms with E-state index in [-0.39, 0.29) is 17.0 Å². The van der Waals surface area contributed by atoms with Crippen molar-refractivity contribution < 1.29 is 9.59 Å². The second-order valence-corrected chi connectivity index (χ2v) is 5.16. The molecule has 2 rings (SSSR count). The summed E-state index contributed by atoms with van der Waals surface area (Å²) >= 11 is 0. The standard InChI is InChI=1S/C14H18O2/c1-9-6-13(16)7-10(2)14(9)5-4-12(8-14)11(3)15/h6,8,10H,4-5,7H2,1-3H3/t10-,14+/m1/s1. The summed E-state index contributed by atoms with van der Waals surface area (Å²) in [7, 11) is 0. The van der Waals surface area contributed by atoms with Gasteiger partial charge in [0.25, 0.3) is 0 Å². The first-order valence-electron chi connectivity index (χ1n) is 5.90. The van der Waals surface area contributed by atoms with Crippen molar-refractivity contribution in [3.05, 3.63) is 23.3 Å². The Hall–Kier alpha value is -1.18. The number of hydrogen-bond donors (Lipinski definition) is 0. The molecule has 16 heavy (non-hydrogen) atoms. The molecule has 0 aromatic heterocycles. The van der Waals surface area contributed by atoms with Crippen molar-refractivity contribution in [3.63, 3.8) is 0 Å². The van der Waals surface area contributed by atoms with Gasteiger partial charge in [-0.25, -0.2) is 0 Å². The van der Waals surface area contributed by atoms with Crippen molar-refractivity contribution in [1.82, 2.24) is 0 Å². The molecule has 0 radical (unpaired) electrons. The van der Waals surface area contributed by atoms with Crippen LogP contribution in [0.4, 0.5) is 0 Å². The molecule has 1 spiro atoms. The molecule has 2 atom stereocenters. The first kappa shape index (κ1) is 11.3. The van der Waals surface area contributed by atoms with E-state index < -0.39 is 0 Å². The van der Waals surface area contributed by atoms with Gasteiger partial charge in [-0.05, 0) is 44.3 Å². The fourth-order valence-corrected chi connectivity index (χ4v) is 3.08. The highest BCUT2D eigenvalue weighted by molar-refractivity contribution is 5.95. The minimum Gasteiger partial charge on any atom is -0.295 e. The van der Waals surface area contributed by atoms with E-state index in [1.165, 1.54) is 0 Å². The fourth-order valence-electron chi connectivity index (χ4n) is 3.08. The third-order valence-corrected chi connectivity index (χ3v) is 4.19. The number of carbonyl (C=O) groups excluding carboxylic acids is 2. The van der Waals surface area contributed by atoms with E-state index in [0.29, 0.717) is 12.3 Å². The predicted molar refractivity (Wildman–Crippen MR) is 63.0 cm³/mol. The van der Waals surface area contributed by atoms with Crippen LogP contribution in [0.1, 0.15) is 40.0 Å². The largest absolute Gasteiger partial charge is 0.295 e. The minimum absolute atomic E-state index is 0.0189. The fraction of sp³-hybridized carbons (Fsp3) is 0.571. The van der Waals surface area contributed by atoms with Gasteiger partial charge >= 0.3 is 0 Å². The predicted octanol–water partition coefficient (Wildman–Crippen LogP) is 2.84. The molecule has 0 bridgehead atoms. The topological polar surface area (TPSA) is 34.1 Å². The molecular formula is C14H18O2. The molecule has 0 N–H and O–H groups in total. The van der Waals surface area contributed by atoms with Crippen molar-refractivity contribution in [1.29, 1.82) is 0 Å². The molecule has 0 aliphatic heterocycles. The van der Waals surface area contributed by atoms with Gasteiger partial charge in [-0.15, -0.1) is 0 Å². The van der Waals surface area contributed by atoms with Gasteiger partial charge < -0.3 is 0 Å². The Kier molecular flexibility index (Phi) is 2.61. The Bertz CT molecular complexity index is 414. The van der Waals surface area contributed by atoms with Crippen LogP contribution in [0, 0.1) is 11.3 Å². The van der Waals surface area contributed by atoms with E-state index in [1.807, 2.05) is 6.92 Å². The van der Waals surface area contributed by atoms with Crippen LogP contribution < -0.4 is 0 Å². The summed E-state index contributed by atoms with van der Waals surface area (Å²) in [5.74, 6) is 0.718. The summed E-state index contributed by atoms with van der Waals surface area (Å²) in [6.45, 7) is 5.77. The summed E-state index contributed by atoms with van der Waals surface area (Å²) in [4.78, 5) is 22.9. The summed E-state index contributed by atoms with van der Waals surface area (Å²) in [6, 6.07) is 0. The zero-order valence-corrected chi connectivity index (χ0v) is 10.2. The lowest BCUT2D eigenvalue weighted by Crippen LogP contribution is -2.31. The number of ketones is 2. The van der Waals surface area contributed by atoms with Crippen molar-refractivity contribution in [2.45, 2.75) is 40.0 Å². The lowest BCUT2D eigenvalue weighted by Gasteiger charge is -2.37. The third kappa shape index (κ3) is 1.57. The highest BCUT2D eigenvalue weighted by Gasteiger charge is 2.43. The van der Waals surface area contributed by atoms with Crippen LogP contribution in [-0.4, -0.2) is 11.6 Å². The Morgan fingerprint density at radius 2 is 2.19 bits per heavy atom. The Morgan fingerprint density at radius 3 is 2.69 bits per heavy atom. The van der Waals surface area contributed by atoms with E-state index in [0.717, 1.165) is 24.0 Å². The average molecular weight is 218 g/mol. The molecule has 0 saturated carbocycles. The molecule has 0 amide bonds. The van der Waals surface area contributed by atoms with Crippen molar-refractivity contribution in [3.8, 4) is 0 Å². The van der Waals surface area contributed by atoms with Gasteiger partial charge in [-0.3, -0.25) is 9.59 Å². The van der Waals surface area contributed by atoms with Crippen molar-refractivity contribution in [2.24, 2.45) is 11.3 Å². The van der Waals surface area contributed by atoms with Crippen LogP contribution in [-0.2, 0) is 9.59 Å². The van der Waals surface area contributed by atoms with Crippen molar-refractivity contribution in [2.75, 3.05) is 0 Å². The van der Waals surface area contributed by atoms with Crippen LogP contribution in [0.15, 0.2) is 23.3 Å². The second-order valence-electron chi connectivity index (χ2n) is 5.16. The number of rotatable bonds is 1. The first-order valence-corrected chi connectivity index (χ1v) is 5.90. The molecule has 0 unspecified atom stereocenters. The molecule has 2 aliphatic carbocycles. The maximum atomic E-state index is 11.5. The number of Topliss-reactive ketones (excluding diaryl/α,β-unsaturated/α-hetero) is 1. The molecule has 0 fully saturated rings. The number of hydrogen-bond acceptors (Lipinski definition) is 2. The summed E-state index contributed by atoms with van der Waals surface area (Å²) in [5, 5.41) is 0. The molecular weight excluding hydrogens is 200 g/mol. The first-order chi connectivity index (χ1) is 7.45. The molecule has 86 valence electrons. The maximum Gasteiger partial charge on any atom is 0.155 e. The van der Waals surface area contributed by atoms with Gasteiger partial charge in [-0.1, -0.05) is 18.6 Å². The van der Waals surface area contributed by atoms with Crippen molar-refractivity contribution >= 4 is 11.6 Å². The summed E-state index contributed by atoms with van der Waals surface area (Å²) < 4.78 is 0. The normalized spacial score (nSPS) is 33.9. The Balaban J connectivity index is 2.43. The van der Waals surface area contributed by atoms with E-state index >= 15 is 0 Å². The van der Waals surface area contributed by atoms with Gasteiger partial charge in [0.15, 0.2) is 11.6 Å². The Labute approximate surface area is 96.4 Å². The molecule has 0 aromatic carbocycles. The third-order valence-electron chi connectivity index (χ3n) is 4.19. The highest BCUT2D eigenvalue weighted by Crippen LogP contribution is 2.51. The molecule has 0 saturated heterocycles. The second kappa shape index (κ2) is 3.69. The average Bonchev–Trinajstić information content (AvgIpc) is 2.60. The van der Waals surface area contributed by atoms with Gasteiger partial charge in [0.05, 0.1) is 0 Å². The zero-order valence-electron chi connectivity index (χ0n) is 10.2. The molecule has 2 heteroatoms. The number of carbonyl (C=O) groups is 2. The maximum absolute atomic E-state index is 11.5. The molecule has 2 aliphatic rings. The highest BCUT2D eigenvalue weighted by atomic mass is 16.1. The lowest BCUT2D eigenvalue weighted by atomic mass is 9.66. The smallest absolute Gasteiger partial charge is 0.155 e. The van der Waals surface area contributed by atoms with E-state index in [1.54, 1.807) is 13.0 Å². The zero-order chi connectivity index (χ0) is 11.9. The van der Waals surface area contributed by atoms with Gasteiger partial charge in [0.2, 0.25) is 0 Å². The van der Waals surface area contributed by atoms with Crippen LogP contribution in [0.3, 0.4) is 0 Å². The monoisotopic (exact) mass is 218 g/mol. The molecule has 0 heterocycles. The lowest BCUT2D eigenvalue weighted by molar-refractivity contribution is -0.116. The van der Waals surface area contributed by atoms with Crippen LogP contribution in [0.25, 0.3) is 0 Å². The summed E-state index contributed by atoms with van der Waals surface area (Å²) in [5.41, 5.74) is 2.05. The van der Waals surface area contributed by atoms with Gasteiger partial charge in [-0.2, -0.15) is 0 Å².